The third kappa shape index (κ3) is 2.74. The van der Waals surface area contributed by atoms with Crippen molar-refractivity contribution >= 4 is 22.1 Å². The van der Waals surface area contributed by atoms with Crippen LogP contribution in [0.2, 0.25) is 0 Å². The molecule has 2 N–H and O–H groups in total. The van der Waals surface area contributed by atoms with Crippen molar-refractivity contribution in [1.29, 1.82) is 0 Å². The van der Waals surface area contributed by atoms with E-state index in [0.29, 0.717) is 17.8 Å². The third-order valence-electron chi connectivity index (χ3n) is 4.40. The molecule has 0 bridgehead atoms. The molecule has 1 unspecified atom stereocenters. The van der Waals surface area contributed by atoms with Gasteiger partial charge in [0.15, 0.2) is 0 Å². The monoisotopic (exact) mass is 300 g/mol. The van der Waals surface area contributed by atoms with Crippen molar-refractivity contribution in [2.24, 2.45) is 11.7 Å². The van der Waals surface area contributed by atoms with Crippen LogP contribution in [-0.4, -0.2) is 29.5 Å². The lowest BCUT2D eigenvalue weighted by Crippen LogP contribution is -2.36. The molecule has 0 spiro atoms. The molecule has 2 aromatic rings. The van der Waals surface area contributed by atoms with Crippen LogP contribution in [0.4, 0.5) is 11.4 Å². The molecule has 1 aromatic heterocycles. The Hall–Kier alpha value is -2.21. The Morgan fingerprint density at radius 3 is 3.00 bits per heavy atom. The molecule has 1 aliphatic rings. The SMILES string of the molecule is NCCC1CCCN(c2ccc([N+](=O)[O-])c3cnccc23)C1. The zero-order valence-electron chi connectivity index (χ0n) is 12.4. The minimum atomic E-state index is -0.346. The standard InChI is InChI=1S/C16H20N4O2/c17-7-5-12-2-1-9-19(11-12)15-3-4-16(20(21)22)14-10-18-8-6-13(14)15/h3-4,6,8,10,12H,1-2,5,7,9,11,17H2. The van der Waals surface area contributed by atoms with Gasteiger partial charge in [-0.3, -0.25) is 15.1 Å². The van der Waals surface area contributed by atoms with Crippen molar-refractivity contribution in [3.8, 4) is 0 Å². The Kier molecular flexibility index (Phi) is 4.20. The number of fused-ring (bicyclic) bond motifs is 1. The Morgan fingerprint density at radius 1 is 1.36 bits per heavy atom. The topological polar surface area (TPSA) is 85.3 Å². The average molecular weight is 300 g/mol. The van der Waals surface area contributed by atoms with Crippen molar-refractivity contribution in [2.45, 2.75) is 19.3 Å². The maximum atomic E-state index is 11.2. The number of aromatic nitrogens is 1. The molecule has 6 heteroatoms. The highest BCUT2D eigenvalue weighted by Gasteiger charge is 2.23. The normalized spacial score (nSPS) is 18.6. The first-order valence-corrected chi connectivity index (χ1v) is 7.67. The summed E-state index contributed by atoms with van der Waals surface area (Å²) in [5.74, 6) is 0.603. The lowest BCUT2D eigenvalue weighted by atomic mass is 9.94. The molecule has 0 amide bonds. The van der Waals surface area contributed by atoms with Crippen LogP contribution in [0.15, 0.2) is 30.6 Å². The minimum absolute atomic E-state index is 0.113. The van der Waals surface area contributed by atoms with Gasteiger partial charge in [-0.1, -0.05) is 0 Å². The molecule has 0 aliphatic carbocycles. The van der Waals surface area contributed by atoms with Crippen LogP contribution >= 0.6 is 0 Å². The number of nitro groups is 1. The van der Waals surface area contributed by atoms with Crippen molar-refractivity contribution in [3.05, 3.63) is 40.7 Å². The lowest BCUT2D eigenvalue weighted by molar-refractivity contribution is -0.383. The molecule has 2 heterocycles. The van der Waals surface area contributed by atoms with E-state index in [0.717, 1.165) is 37.0 Å². The number of nitrogens with two attached hydrogens (primary N) is 1. The van der Waals surface area contributed by atoms with E-state index >= 15 is 0 Å². The van der Waals surface area contributed by atoms with Crippen molar-refractivity contribution < 1.29 is 4.92 Å². The van der Waals surface area contributed by atoms with Gasteiger partial charge >= 0.3 is 0 Å². The molecule has 1 aliphatic heterocycles. The number of nitro benzene ring substituents is 1. The number of nitrogens with zero attached hydrogens (tertiary/aromatic N) is 3. The summed E-state index contributed by atoms with van der Waals surface area (Å²) in [6, 6.07) is 5.32. The number of benzene rings is 1. The molecule has 0 saturated carbocycles. The quantitative estimate of drug-likeness (QED) is 0.693. The molecule has 1 atom stereocenters. The first kappa shape index (κ1) is 14.7. The molecule has 0 radical (unpaired) electrons. The number of hydrogen-bond acceptors (Lipinski definition) is 5. The number of pyridine rings is 1. The fourth-order valence-corrected chi connectivity index (χ4v) is 3.35. The number of anilines is 1. The number of rotatable bonds is 4. The van der Waals surface area contributed by atoms with Gasteiger partial charge in [0.25, 0.3) is 5.69 Å². The summed E-state index contributed by atoms with van der Waals surface area (Å²) >= 11 is 0. The Balaban J connectivity index is 2.01. The summed E-state index contributed by atoms with van der Waals surface area (Å²) in [4.78, 5) is 17.2. The average Bonchev–Trinajstić information content (AvgIpc) is 2.54. The molecular formula is C16H20N4O2. The van der Waals surface area contributed by atoms with Gasteiger partial charge in [-0.25, -0.2) is 0 Å². The van der Waals surface area contributed by atoms with Crippen LogP contribution in [0, 0.1) is 16.0 Å². The van der Waals surface area contributed by atoms with E-state index < -0.39 is 0 Å². The van der Waals surface area contributed by atoms with Crippen LogP contribution < -0.4 is 10.6 Å². The van der Waals surface area contributed by atoms with Crippen LogP contribution in [0.5, 0.6) is 0 Å². The summed E-state index contributed by atoms with van der Waals surface area (Å²) in [5.41, 5.74) is 6.86. The van der Waals surface area contributed by atoms with Gasteiger partial charge in [-0.2, -0.15) is 0 Å². The Bertz CT molecular complexity index is 687. The van der Waals surface area contributed by atoms with Gasteiger partial charge in [0, 0.05) is 42.6 Å². The van der Waals surface area contributed by atoms with E-state index in [1.54, 1.807) is 18.5 Å². The molecular weight excluding hydrogens is 280 g/mol. The second-order valence-corrected chi connectivity index (χ2v) is 5.81. The fraction of sp³-hybridized carbons (Fsp3) is 0.438. The summed E-state index contributed by atoms with van der Waals surface area (Å²) in [5, 5.41) is 12.7. The zero-order chi connectivity index (χ0) is 15.5. The molecule has 1 aromatic carbocycles. The second kappa shape index (κ2) is 6.27. The van der Waals surface area contributed by atoms with Gasteiger partial charge in [0.05, 0.1) is 10.3 Å². The van der Waals surface area contributed by atoms with Crippen molar-refractivity contribution in [1.82, 2.24) is 4.98 Å². The predicted molar refractivity (Wildman–Crippen MR) is 87.0 cm³/mol. The van der Waals surface area contributed by atoms with Crippen LogP contribution in [0.25, 0.3) is 10.8 Å². The fourth-order valence-electron chi connectivity index (χ4n) is 3.35. The first-order valence-electron chi connectivity index (χ1n) is 7.67. The van der Waals surface area contributed by atoms with Gasteiger partial charge in [-0.05, 0) is 43.9 Å². The van der Waals surface area contributed by atoms with Gasteiger partial charge in [-0.15, -0.1) is 0 Å². The summed E-state index contributed by atoms with van der Waals surface area (Å²) in [6.07, 6.45) is 6.65. The zero-order valence-corrected chi connectivity index (χ0v) is 12.4. The maximum Gasteiger partial charge on any atom is 0.278 e. The van der Waals surface area contributed by atoms with E-state index in [9.17, 15) is 10.1 Å². The first-order chi connectivity index (χ1) is 10.7. The molecule has 3 rings (SSSR count). The second-order valence-electron chi connectivity index (χ2n) is 5.81. The summed E-state index contributed by atoms with van der Waals surface area (Å²) in [7, 11) is 0. The van der Waals surface area contributed by atoms with E-state index in [2.05, 4.69) is 9.88 Å². The third-order valence-corrected chi connectivity index (χ3v) is 4.40. The van der Waals surface area contributed by atoms with Crippen LogP contribution in [0.3, 0.4) is 0 Å². The summed E-state index contributed by atoms with van der Waals surface area (Å²) < 4.78 is 0. The lowest BCUT2D eigenvalue weighted by Gasteiger charge is -2.35. The number of hydrogen-bond donors (Lipinski definition) is 1. The predicted octanol–water partition coefficient (Wildman–Crippen LogP) is 2.71. The van der Waals surface area contributed by atoms with Gasteiger partial charge in [0.1, 0.15) is 0 Å². The highest BCUT2D eigenvalue weighted by atomic mass is 16.6. The minimum Gasteiger partial charge on any atom is -0.371 e. The molecule has 22 heavy (non-hydrogen) atoms. The van der Waals surface area contributed by atoms with E-state index in [1.165, 1.54) is 6.42 Å². The molecule has 1 saturated heterocycles. The van der Waals surface area contributed by atoms with Crippen molar-refractivity contribution in [3.63, 3.8) is 0 Å². The highest BCUT2D eigenvalue weighted by molar-refractivity contribution is 5.99. The van der Waals surface area contributed by atoms with E-state index in [1.807, 2.05) is 12.1 Å². The summed E-state index contributed by atoms with van der Waals surface area (Å²) in [6.45, 7) is 2.66. The number of piperidine rings is 1. The van der Waals surface area contributed by atoms with E-state index in [-0.39, 0.29) is 10.6 Å². The smallest absolute Gasteiger partial charge is 0.278 e. The van der Waals surface area contributed by atoms with Gasteiger partial charge < -0.3 is 10.6 Å². The largest absolute Gasteiger partial charge is 0.371 e. The van der Waals surface area contributed by atoms with Crippen LogP contribution in [-0.2, 0) is 0 Å². The highest BCUT2D eigenvalue weighted by Crippen LogP contribution is 2.35. The van der Waals surface area contributed by atoms with Crippen molar-refractivity contribution in [2.75, 3.05) is 24.5 Å². The molecule has 1 fully saturated rings. The molecule has 116 valence electrons. The van der Waals surface area contributed by atoms with Crippen LogP contribution in [0.1, 0.15) is 19.3 Å². The molecule has 6 nitrogen and oxygen atoms in total. The maximum absolute atomic E-state index is 11.2. The van der Waals surface area contributed by atoms with E-state index in [4.69, 9.17) is 5.73 Å². The Morgan fingerprint density at radius 2 is 2.23 bits per heavy atom. The number of non-ortho nitro benzene ring substituents is 1. The van der Waals surface area contributed by atoms with Gasteiger partial charge in [0.2, 0.25) is 0 Å². The Labute approximate surface area is 129 Å².